The molecular weight excluding hydrogens is 750 g/mol. The molecular formula is C42H26N8O2Ru. The minimum Gasteiger partial charge on any atom is -0.505 e. The second-order valence-corrected chi connectivity index (χ2v) is 11.4. The van der Waals surface area contributed by atoms with Crippen LogP contribution in [0.4, 0.5) is 0 Å². The fourth-order valence-electron chi connectivity index (χ4n) is 5.83. The first kappa shape index (κ1) is 34.4. The Bertz CT molecular complexity index is 2550. The Balaban J connectivity index is 0.000000144. The van der Waals surface area contributed by atoms with E-state index in [1.807, 2.05) is 78.9 Å². The summed E-state index contributed by atoms with van der Waals surface area (Å²) < 4.78 is 0. The number of pyridine rings is 5. The van der Waals surface area contributed by atoms with Crippen molar-refractivity contribution in [3.63, 3.8) is 0 Å². The summed E-state index contributed by atoms with van der Waals surface area (Å²) in [6, 6.07) is 39.3. The second-order valence-electron chi connectivity index (χ2n) is 11.4. The average molecular weight is 776 g/mol. The largest absolute Gasteiger partial charge is 0.505 e. The maximum Gasteiger partial charge on any atom is 0.151 e. The van der Waals surface area contributed by atoms with Gasteiger partial charge in [0.2, 0.25) is 0 Å². The Morgan fingerprint density at radius 2 is 0.774 bits per heavy atom. The Morgan fingerprint density at radius 3 is 1.19 bits per heavy atom. The van der Waals surface area contributed by atoms with Crippen LogP contribution in [-0.2, 0) is 19.5 Å². The molecule has 0 amide bonds. The minimum atomic E-state index is 0. The molecule has 11 heteroatoms. The van der Waals surface area contributed by atoms with Gasteiger partial charge in [-0.1, -0.05) is 48.5 Å². The number of nitrogens with zero attached hydrogens (tertiary/aromatic N) is 8. The van der Waals surface area contributed by atoms with Crippen LogP contribution in [0, 0.1) is 12.1 Å². The van der Waals surface area contributed by atoms with Gasteiger partial charge in [-0.05, 0) is 66.7 Å². The Kier molecular flexibility index (Phi) is 10.1. The summed E-state index contributed by atoms with van der Waals surface area (Å²) in [5.41, 5.74) is 6.72. The molecule has 7 heterocycles. The van der Waals surface area contributed by atoms with Gasteiger partial charge in [-0.25, -0.2) is 15.0 Å². The molecule has 0 spiro atoms. The van der Waals surface area contributed by atoms with Gasteiger partial charge in [0.25, 0.3) is 0 Å². The second kappa shape index (κ2) is 15.5. The first-order valence-electron chi connectivity index (χ1n) is 16.2. The number of rotatable bonds is 2. The van der Waals surface area contributed by atoms with Crippen molar-refractivity contribution in [2.45, 2.75) is 0 Å². The van der Waals surface area contributed by atoms with Gasteiger partial charge >= 0.3 is 0 Å². The third kappa shape index (κ3) is 6.87. The van der Waals surface area contributed by atoms with Crippen LogP contribution in [-0.4, -0.2) is 50.1 Å². The van der Waals surface area contributed by atoms with Gasteiger partial charge in [-0.3, -0.25) is 24.9 Å². The molecule has 0 saturated heterocycles. The van der Waals surface area contributed by atoms with Crippen LogP contribution in [0.25, 0.3) is 77.4 Å². The maximum absolute atomic E-state index is 10.8. The fourth-order valence-corrected chi connectivity index (χ4v) is 5.83. The number of hydrogen-bond donors (Lipinski definition) is 2. The summed E-state index contributed by atoms with van der Waals surface area (Å²) in [6.07, 6.45) is 10.3. The number of aromatic nitrogens is 8. The van der Waals surface area contributed by atoms with Gasteiger partial charge < -0.3 is 10.2 Å². The van der Waals surface area contributed by atoms with Crippen LogP contribution < -0.4 is 0 Å². The molecule has 254 valence electrons. The monoisotopic (exact) mass is 776 g/mol. The van der Waals surface area contributed by atoms with E-state index in [0.717, 1.165) is 44.6 Å². The molecule has 0 aliphatic rings. The number of benzene rings is 3. The fraction of sp³-hybridized carbons (Fsp3) is 0. The predicted molar refractivity (Wildman–Crippen MR) is 201 cm³/mol. The summed E-state index contributed by atoms with van der Waals surface area (Å²) in [7, 11) is 0. The van der Waals surface area contributed by atoms with Gasteiger partial charge in [-0.2, -0.15) is 0 Å². The van der Waals surface area contributed by atoms with Crippen molar-refractivity contribution >= 4 is 54.6 Å². The van der Waals surface area contributed by atoms with Gasteiger partial charge in [0, 0.05) is 78.1 Å². The van der Waals surface area contributed by atoms with Gasteiger partial charge in [0.1, 0.15) is 11.0 Å². The van der Waals surface area contributed by atoms with Gasteiger partial charge in [-0.15, -0.1) is 0 Å². The third-order valence-electron chi connectivity index (χ3n) is 8.21. The molecule has 0 saturated carbocycles. The molecule has 10 aromatic rings. The summed E-state index contributed by atoms with van der Waals surface area (Å²) in [5, 5.41) is 24.3. The van der Waals surface area contributed by atoms with Crippen LogP contribution in [0.5, 0.6) is 11.5 Å². The molecule has 0 fully saturated rings. The van der Waals surface area contributed by atoms with E-state index in [9.17, 15) is 10.2 Å². The zero-order valence-electron chi connectivity index (χ0n) is 27.7. The predicted octanol–water partition coefficient (Wildman–Crippen LogP) is 8.33. The normalized spacial score (nSPS) is 10.5. The third-order valence-corrected chi connectivity index (χ3v) is 8.21. The van der Waals surface area contributed by atoms with Crippen molar-refractivity contribution in [2.24, 2.45) is 0 Å². The smallest absolute Gasteiger partial charge is 0.151 e. The van der Waals surface area contributed by atoms with Crippen molar-refractivity contribution in [3.8, 4) is 34.3 Å². The number of phenolic OH excluding ortho intramolecular Hbond substituents is 2. The SMILES string of the molecule is Oc1c2ccccc2c(O)c2nc3c4cccnc4c4ncccc4c3nc12.[Ru].c1ccc(-c2ccccn2)nc1.c1cnc(-c2ccccn2)cc#1. The molecule has 3 aromatic carbocycles. The zero-order valence-corrected chi connectivity index (χ0v) is 29.4. The molecule has 0 atom stereocenters. The Labute approximate surface area is 315 Å². The first-order valence-corrected chi connectivity index (χ1v) is 16.2. The topological polar surface area (TPSA) is 144 Å². The number of aromatic hydroxyl groups is 2. The quantitative estimate of drug-likeness (QED) is 0.0762. The Hall–Kier alpha value is -7.02. The van der Waals surface area contributed by atoms with Crippen molar-refractivity contribution < 1.29 is 29.7 Å². The van der Waals surface area contributed by atoms with Crippen molar-refractivity contribution in [1.29, 1.82) is 0 Å². The van der Waals surface area contributed by atoms with E-state index in [0.29, 0.717) is 21.8 Å². The van der Waals surface area contributed by atoms with Crippen LogP contribution >= 0.6 is 0 Å². The van der Waals surface area contributed by atoms with Crippen molar-refractivity contribution in [2.75, 3.05) is 0 Å². The molecule has 2 N–H and O–H groups in total. The van der Waals surface area contributed by atoms with Crippen LogP contribution in [0.3, 0.4) is 0 Å². The maximum atomic E-state index is 10.8. The van der Waals surface area contributed by atoms with E-state index in [1.165, 1.54) is 0 Å². The number of hydrogen-bond acceptors (Lipinski definition) is 10. The Morgan fingerprint density at radius 1 is 0.358 bits per heavy atom. The summed E-state index contributed by atoms with van der Waals surface area (Å²) in [5.74, 6) is 0.00208. The van der Waals surface area contributed by atoms with Crippen molar-refractivity contribution in [3.05, 3.63) is 159 Å². The number of phenols is 2. The average Bonchev–Trinajstić information content (AvgIpc) is 3.24. The molecule has 0 unspecified atom stereocenters. The van der Waals surface area contributed by atoms with E-state index in [1.54, 1.807) is 67.5 Å². The first-order chi connectivity index (χ1) is 25.7. The summed E-state index contributed by atoms with van der Waals surface area (Å²) in [6.45, 7) is 0. The van der Waals surface area contributed by atoms with Crippen LogP contribution in [0.15, 0.2) is 146 Å². The molecule has 0 radical (unpaired) electrons. The summed E-state index contributed by atoms with van der Waals surface area (Å²) >= 11 is 0. The molecule has 53 heavy (non-hydrogen) atoms. The standard InChI is InChI=1S/C22H12N4O2.C10H8N2.C10H6N2.Ru/c27-21-11-5-1-2-6-12(11)22(28)20-19(21)25-17-13-7-3-9-23-15(13)16-14(18(17)26-20)8-4-10-24-16;2*1-3-7-11-9(5-1)10-6-2-4-8-12-10;/h1-10,27-28H;1-8H;1,3,5-8H;. The summed E-state index contributed by atoms with van der Waals surface area (Å²) in [4.78, 5) is 35.1. The molecule has 0 aliphatic carbocycles. The van der Waals surface area contributed by atoms with Crippen molar-refractivity contribution in [1.82, 2.24) is 39.9 Å². The van der Waals surface area contributed by atoms with Gasteiger partial charge in [0.05, 0.1) is 51.0 Å². The van der Waals surface area contributed by atoms with E-state index >= 15 is 0 Å². The minimum absolute atomic E-state index is 0. The molecule has 10 nitrogen and oxygen atoms in total. The number of fused-ring (bicyclic) bond motifs is 8. The van der Waals surface area contributed by atoms with E-state index in [2.05, 4.69) is 42.0 Å². The van der Waals surface area contributed by atoms with E-state index in [-0.39, 0.29) is 42.0 Å². The van der Waals surface area contributed by atoms with E-state index in [4.69, 9.17) is 9.97 Å². The zero-order chi connectivity index (χ0) is 35.3. The van der Waals surface area contributed by atoms with E-state index < -0.39 is 0 Å². The molecule has 0 bridgehead atoms. The molecule has 7 aromatic heterocycles. The van der Waals surface area contributed by atoms with Crippen LogP contribution in [0.2, 0.25) is 0 Å². The molecule has 10 rings (SSSR count). The van der Waals surface area contributed by atoms with Gasteiger partial charge in [0.15, 0.2) is 11.5 Å². The van der Waals surface area contributed by atoms with Crippen LogP contribution in [0.1, 0.15) is 0 Å². The molecule has 0 aliphatic heterocycles.